The Morgan fingerprint density at radius 3 is 2.72 bits per heavy atom. The highest BCUT2D eigenvalue weighted by Crippen LogP contribution is 2.18. The Hall–Kier alpha value is -1.35. The first-order chi connectivity index (χ1) is 8.70. The molecule has 0 unspecified atom stereocenters. The smallest absolute Gasteiger partial charge is 0.236 e. The molecule has 3 heteroatoms. The fourth-order valence-electron chi connectivity index (χ4n) is 2.00. The Bertz CT molecular complexity index is 413. The van der Waals surface area contributed by atoms with Crippen LogP contribution in [0.2, 0.25) is 0 Å². The molecule has 0 heterocycles. The van der Waals surface area contributed by atoms with Crippen molar-refractivity contribution in [3.8, 4) is 0 Å². The number of benzene rings is 1. The lowest BCUT2D eigenvalue weighted by Crippen LogP contribution is -2.38. The van der Waals surface area contributed by atoms with Crippen LogP contribution in [0.5, 0.6) is 0 Å². The Morgan fingerprint density at radius 1 is 1.39 bits per heavy atom. The van der Waals surface area contributed by atoms with Gasteiger partial charge in [0.15, 0.2) is 0 Å². The van der Waals surface area contributed by atoms with Gasteiger partial charge in [-0.1, -0.05) is 24.3 Å². The maximum Gasteiger partial charge on any atom is 0.236 e. The highest BCUT2D eigenvalue weighted by molar-refractivity contribution is 5.78. The molecule has 1 saturated carbocycles. The summed E-state index contributed by atoms with van der Waals surface area (Å²) in [4.78, 5) is 14.0. The van der Waals surface area contributed by atoms with Gasteiger partial charge in [0.1, 0.15) is 0 Å². The molecule has 0 bridgehead atoms. The zero-order chi connectivity index (χ0) is 13.0. The number of carbonyl (C=O) groups excluding carboxylic acids is 1. The van der Waals surface area contributed by atoms with E-state index in [-0.39, 0.29) is 5.91 Å². The molecule has 18 heavy (non-hydrogen) atoms. The minimum atomic E-state index is 0.202. The van der Waals surface area contributed by atoms with Gasteiger partial charge < -0.3 is 10.2 Å². The lowest BCUT2D eigenvalue weighted by Gasteiger charge is -2.22. The Labute approximate surface area is 109 Å². The summed E-state index contributed by atoms with van der Waals surface area (Å²) in [5.74, 6) is 0.202. The van der Waals surface area contributed by atoms with Gasteiger partial charge in [-0.3, -0.25) is 4.79 Å². The third kappa shape index (κ3) is 3.57. The molecule has 0 aromatic heterocycles. The number of likely N-dealkylation sites (N-methyl/N-ethyl adjacent to an activating group) is 1. The van der Waals surface area contributed by atoms with Crippen molar-refractivity contribution in [3.05, 3.63) is 35.4 Å². The first-order valence-corrected chi connectivity index (χ1v) is 6.76. The monoisotopic (exact) mass is 246 g/mol. The van der Waals surface area contributed by atoms with Crippen LogP contribution in [0.15, 0.2) is 24.3 Å². The molecule has 1 aromatic rings. The summed E-state index contributed by atoms with van der Waals surface area (Å²) in [6.07, 6.45) is 2.44. The van der Waals surface area contributed by atoms with E-state index < -0.39 is 0 Å². The number of carbonyl (C=O) groups is 1. The van der Waals surface area contributed by atoms with Gasteiger partial charge >= 0.3 is 0 Å². The molecule has 1 fully saturated rings. The molecule has 0 atom stereocenters. The first kappa shape index (κ1) is 13.1. The van der Waals surface area contributed by atoms with Crippen LogP contribution in [0.4, 0.5) is 0 Å². The van der Waals surface area contributed by atoms with E-state index in [1.54, 1.807) is 0 Å². The molecule has 0 aliphatic heterocycles. The van der Waals surface area contributed by atoms with Crippen LogP contribution < -0.4 is 5.32 Å². The molecule has 0 saturated heterocycles. The van der Waals surface area contributed by atoms with E-state index in [1.807, 2.05) is 24.0 Å². The van der Waals surface area contributed by atoms with Crippen LogP contribution in [0.25, 0.3) is 0 Å². The van der Waals surface area contributed by atoms with Crippen molar-refractivity contribution < 1.29 is 4.79 Å². The fourth-order valence-corrected chi connectivity index (χ4v) is 2.00. The van der Waals surface area contributed by atoms with E-state index in [9.17, 15) is 4.79 Å². The Balaban J connectivity index is 1.91. The van der Waals surface area contributed by atoms with Gasteiger partial charge in [0.05, 0.1) is 6.54 Å². The van der Waals surface area contributed by atoms with Crippen LogP contribution in [-0.2, 0) is 11.3 Å². The van der Waals surface area contributed by atoms with Crippen molar-refractivity contribution in [3.63, 3.8) is 0 Å². The molecule has 0 spiro atoms. The highest BCUT2D eigenvalue weighted by atomic mass is 16.2. The van der Waals surface area contributed by atoms with Gasteiger partial charge in [-0.2, -0.15) is 0 Å². The van der Waals surface area contributed by atoms with E-state index in [4.69, 9.17) is 0 Å². The summed E-state index contributed by atoms with van der Waals surface area (Å²) >= 11 is 0. The standard InChI is InChI=1S/C15H22N2O/c1-3-17(15(18)10-16-14-8-9-14)11-13-7-5-4-6-12(13)2/h4-7,14,16H,3,8-11H2,1-2H3. The number of nitrogens with one attached hydrogen (secondary N) is 1. The second-order valence-corrected chi connectivity index (χ2v) is 4.99. The van der Waals surface area contributed by atoms with Gasteiger partial charge in [0.25, 0.3) is 0 Å². The largest absolute Gasteiger partial charge is 0.338 e. The topological polar surface area (TPSA) is 32.3 Å². The van der Waals surface area contributed by atoms with E-state index in [0.717, 1.165) is 6.54 Å². The van der Waals surface area contributed by atoms with Crippen molar-refractivity contribution in [2.24, 2.45) is 0 Å². The SMILES string of the molecule is CCN(Cc1ccccc1C)C(=O)CNC1CC1. The minimum Gasteiger partial charge on any atom is -0.338 e. The predicted molar refractivity (Wildman–Crippen MR) is 73.3 cm³/mol. The van der Waals surface area contributed by atoms with Gasteiger partial charge in [-0.25, -0.2) is 0 Å². The fraction of sp³-hybridized carbons (Fsp3) is 0.533. The predicted octanol–water partition coefficient (Wildman–Crippen LogP) is 2.10. The van der Waals surface area contributed by atoms with Crippen molar-refractivity contribution >= 4 is 5.91 Å². The average molecular weight is 246 g/mol. The van der Waals surface area contributed by atoms with E-state index in [2.05, 4.69) is 24.4 Å². The second-order valence-electron chi connectivity index (χ2n) is 4.99. The molecule has 1 N–H and O–H groups in total. The number of aryl methyl sites for hydroxylation is 1. The van der Waals surface area contributed by atoms with Gasteiger partial charge in [-0.05, 0) is 37.8 Å². The highest BCUT2D eigenvalue weighted by Gasteiger charge is 2.22. The van der Waals surface area contributed by atoms with Crippen LogP contribution in [0.3, 0.4) is 0 Å². The van der Waals surface area contributed by atoms with Crippen molar-refractivity contribution in [1.29, 1.82) is 0 Å². The summed E-state index contributed by atoms with van der Waals surface area (Å²) in [5.41, 5.74) is 2.48. The molecule has 1 aliphatic carbocycles. The van der Waals surface area contributed by atoms with E-state index in [0.29, 0.717) is 19.1 Å². The minimum absolute atomic E-state index is 0.202. The number of rotatable bonds is 6. The normalized spacial score (nSPS) is 14.6. The molecule has 98 valence electrons. The van der Waals surface area contributed by atoms with Crippen LogP contribution in [-0.4, -0.2) is 29.9 Å². The van der Waals surface area contributed by atoms with E-state index >= 15 is 0 Å². The van der Waals surface area contributed by atoms with Crippen LogP contribution >= 0.6 is 0 Å². The maximum absolute atomic E-state index is 12.1. The van der Waals surface area contributed by atoms with Gasteiger partial charge in [0, 0.05) is 19.1 Å². The number of nitrogens with zero attached hydrogens (tertiary/aromatic N) is 1. The lowest BCUT2D eigenvalue weighted by atomic mass is 10.1. The third-order valence-corrected chi connectivity index (χ3v) is 3.48. The third-order valence-electron chi connectivity index (χ3n) is 3.48. The molecule has 1 aliphatic rings. The van der Waals surface area contributed by atoms with Crippen LogP contribution in [0.1, 0.15) is 30.9 Å². The summed E-state index contributed by atoms with van der Waals surface area (Å²) in [7, 11) is 0. The molecular formula is C15H22N2O. The van der Waals surface area contributed by atoms with Crippen LogP contribution in [0, 0.1) is 6.92 Å². The Kier molecular flexibility index (Phi) is 4.37. The summed E-state index contributed by atoms with van der Waals surface area (Å²) in [6, 6.07) is 8.84. The number of hydrogen-bond donors (Lipinski definition) is 1. The van der Waals surface area contributed by atoms with Gasteiger partial charge in [-0.15, -0.1) is 0 Å². The van der Waals surface area contributed by atoms with Crippen molar-refractivity contribution in [2.45, 2.75) is 39.3 Å². The van der Waals surface area contributed by atoms with E-state index in [1.165, 1.54) is 24.0 Å². The molecule has 1 amide bonds. The summed E-state index contributed by atoms with van der Waals surface area (Å²) < 4.78 is 0. The quantitative estimate of drug-likeness (QED) is 0.833. The molecular weight excluding hydrogens is 224 g/mol. The zero-order valence-electron chi connectivity index (χ0n) is 11.3. The number of hydrogen-bond acceptors (Lipinski definition) is 2. The average Bonchev–Trinajstić information content (AvgIpc) is 3.19. The second kappa shape index (κ2) is 6.01. The maximum atomic E-state index is 12.1. The lowest BCUT2D eigenvalue weighted by molar-refractivity contribution is -0.130. The summed E-state index contributed by atoms with van der Waals surface area (Å²) in [5, 5.41) is 3.28. The van der Waals surface area contributed by atoms with Gasteiger partial charge in [0.2, 0.25) is 5.91 Å². The van der Waals surface area contributed by atoms with Crippen molar-refractivity contribution in [1.82, 2.24) is 10.2 Å². The number of amides is 1. The van der Waals surface area contributed by atoms with Crippen molar-refractivity contribution in [2.75, 3.05) is 13.1 Å². The summed E-state index contributed by atoms with van der Waals surface area (Å²) in [6.45, 7) is 6.08. The molecule has 0 radical (unpaired) electrons. The molecule has 2 rings (SSSR count). The Morgan fingerprint density at radius 2 is 2.11 bits per heavy atom. The first-order valence-electron chi connectivity index (χ1n) is 6.76. The molecule has 3 nitrogen and oxygen atoms in total. The zero-order valence-corrected chi connectivity index (χ0v) is 11.3. The molecule has 1 aromatic carbocycles.